The zero-order chi connectivity index (χ0) is 10.4. The third-order valence-electron chi connectivity index (χ3n) is 4.23. The molecule has 0 heterocycles. The van der Waals surface area contributed by atoms with E-state index < -0.39 is 11.4 Å². The predicted molar refractivity (Wildman–Crippen MR) is 50.9 cm³/mol. The molecule has 0 amide bonds. The average Bonchev–Trinajstić information content (AvgIpc) is 2.86. The van der Waals surface area contributed by atoms with Crippen LogP contribution in [0.25, 0.3) is 0 Å². The Hall–Kier alpha value is -0.860. The Kier molecular flexibility index (Phi) is 1.95. The summed E-state index contributed by atoms with van der Waals surface area (Å²) in [5.41, 5.74) is -0.625. The van der Waals surface area contributed by atoms with Gasteiger partial charge in [-0.15, -0.1) is 0 Å². The van der Waals surface area contributed by atoms with Gasteiger partial charge in [0, 0.05) is 12.8 Å². The Bertz CT molecular complexity index is 279. The van der Waals surface area contributed by atoms with E-state index in [0.717, 1.165) is 12.8 Å². The van der Waals surface area contributed by atoms with E-state index in [4.69, 9.17) is 0 Å². The van der Waals surface area contributed by atoms with Gasteiger partial charge in [0.25, 0.3) is 0 Å². The molecule has 2 saturated carbocycles. The molecular weight excluding hydrogens is 180 g/mol. The largest absolute Gasteiger partial charge is 0.481 e. The van der Waals surface area contributed by atoms with Crippen molar-refractivity contribution in [3.8, 4) is 0 Å². The highest BCUT2D eigenvalue weighted by atomic mass is 16.4. The molecule has 14 heavy (non-hydrogen) atoms. The molecule has 0 atom stereocenters. The van der Waals surface area contributed by atoms with Gasteiger partial charge < -0.3 is 5.11 Å². The number of hydrogen-bond donors (Lipinski definition) is 1. The number of carbonyl (C=O) groups excluding carboxylic acids is 1. The van der Waals surface area contributed by atoms with E-state index in [2.05, 4.69) is 6.92 Å². The molecule has 3 heteroatoms. The van der Waals surface area contributed by atoms with E-state index in [1.54, 1.807) is 0 Å². The molecule has 0 aromatic carbocycles. The van der Waals surface area contributed by atoms with Crippen molar-refractivity contribution in [1.82, 2.24) is 0 Å². The van der Waals surface area contributed by atoms with Crippen molar-refractivity contribution in [2.45, 2.75) is 45.4 Å². The standard InChI is InChI=1S/C11H16O3/c1-10(6-7-10)11(9(13)14)4-2-8(12)3-5-11/h2-7H2,1H3,(H,13,14). The maximum absolute atomic E-state index is 11.4. The maximum atomic E-state index is 11.4. The van der Waals surface area contributed by atoms with Gasteiger partial charge >= 0.3 is 5.97 Å². The van der Waals surface area contributed by atoms with Crippen LogP contribution in [-0.2, 0) is 9.59 Å². The minimum Gasteiger partial charge on any atom is -0.481 e. The highest BCUT2D eigenvalue weighted by Crippen LogP contribution is 2.63. The normalized spacial score (nSPS) is 28.5. The first-order chi connectivity index (χ1) is 6.50. The Morgan fingerprint density at radius 1 is 1.21 bits per heavy atom. The number of carboxylic acids is 1. The third kappa shape index (κ3) is 1.18. The van der Waals surface area contributed by atoms with Crippen molar-refractivity contribution in [2.75, 3.05) is 0 Å². The number of carboxylic acid groups (broad SMARTS) is 1. The van der Waals surface area contributed by atoms with Crippen LogP contribution in [0, 0.1) is 10.8 Å². The number of aliphatic carboxylic acids is 1. The Morgan fingerprint density at radius 3 is 2.07 bits per heavy atom. The summed E-state index contributed by atoms with van der Waals surface area (Å²) in [6.45, 7) is 2.05. The fraction of sp³-hybridized carbons (Fsp3) is 0.818. The SMILES string of the molecule is CC1(C2(C(=O)O)CCC(=O)CC2)CC1. The molecular formula is C11H16O3. The first-order valence-electron chi connectivity index (χ1n) is 5.25. The van der Waals surface area contributed by atoms with E-state index in [1.807, 2.05) is 0 Å². The lowest BCUT2D eigenvalue weighted by atomic mass is 9.64. The molecule has 0 saturated heterocycles. The molecule has 0 spiro atoms. The summed E-state index contributed by atoms with van der Waals surface area (Å²) < 4.78 is 0. The Morgan fingerprint density at radius 2 is 1.71 bits per heavy atom. The van der Waals surface area contributed by atoms with E-state index in [1.165, 1.54) is 0 Å². The molecule has 0 bridgehead atoms. The summed E-state index contributed by atoms with van der Waals surface area (Å²) in [4.78, 5) is 22.5. The Balaban J connectivity index is 2.24. The number of carbonyl (C=O) groups is 2. The second kappa shape index (κ2) is 2.81. The molecule has 0 radical (unpaired) electrons. The summed E-state index contributed by atoms with van der Waals surface area (Å²) in [5, 5.41) is 9.34. The average molecular weight is 196 g/mol. The van der Waals surface area contributed by atoms with Crippen LogP contribution >= 0.6 is 0 Å². The van der Waals surface area contributed by atoms with Gasteiger partial charge in [-0.3, -0.25) is 9.59 Å². The molecule has 0 aliphatic heterocycles. The van der Waals surface area contributed by atoms with Crippen LogP contribution in [0.4, 0.5) is 0 Å². The maximum Gasteiger partial charge on any atom is 0.310 e. The summed E-state index contributed by atoms with van der Waals surface area (Å²) in [5.74, 6) is -0.462. The first kappa shape index (κ1) is 9.69. The monoisotopic (exact) mass is 196 g/mol. The van der Waals surface area contributed by atoms with E-state index in [9.17, 15) is 14.7 Å². The molecule has 3 nitrogen and oxygen atoms in total. The minimum absolute atomic E-state index is 0.0282. The van der Waals surface area contributed by atoms with Gasteiger partial charge in [-0.2, -0.15) is 0 Å². The van der Waals surface area contributed by atoms with Gasteiger partial charge in [0.15, 0.2) is 0 Å². The summed E-state index contributed by atoms with van der Waals surface area (Å²) in [6.07, 6.45) is 4.04. The van der Waals surface area contributed by atoms with E-state index in [-0.39, 0.29) is 11.2 Å². The molecule has 0 aromatic rings. The van der Waals surface area contributed by atoms with Gasteiger partial charge in [0.05, 0.1) is 5.41 Å². The van der Waals surface area contributed by atoms with Gasteiger partial charge in [-0.05, 0) is 31.1 Å². The third-order valence-corrected chi connectivity index (χ3v) is 4.23. The van der Waals surface area contributed by atoms with E-state index >= 15 is 0 Å². The lowest BCUT2D eigenvalue weighted by Crippen LogP contribution is -2.42. The Labute approximate surface area is 83.5 Å². The molecule has 0 unspecified atom stereocenters. The van der Waals surface area contributed by atoms with Gasteiger partial charge in [-0.25, -0.2) is 0 Å². The molecule has 1 N–H and O–H groups in total. The number of ketones is 1. The van der Waals surface area contributed by atoms with Crippen molar-refractivity contribution in [1.29, 1.82) is 0 Å². The fourth-order valence-electron chi connectivity index (χ4n) is 2.70. The van der Waals surface area contributed by atoms with Gasteiger partial charge in [-0.1, -0.05) is 6.92 Å². The van der Waals surface area contributed by atoms with Crippen LogP contribution in [0.1, 0.15) is 45.4 Å². The van der Waals surface area contributed by atoms with Gasteiger partial charge in [0.1, 0.15) is 5.78 Å². The first-order valence-corrected chi connectivity index (χ1v) is 5.25. The quantitative estimate of drug-likeness (QED) is 0.734. The predicted octanol–water partition coefficient (Wildman–Crippen LogP) is 2.00. The summed E-state index contributed by atoms with van der Waals surface area (Å²) in [6, 6.07) is 0. The highest BCUT2D eigenvalue weighted by molar-refractivity contribution is 5.84. The molecule has 2 fully saturated rings. The lowest BCUT2D eigenvalue weighted by Gasteiger charge is -2.38. The minimum atomic E-state index is -0.690. The second-order valence-corrected chi connectivity index (χ2v) is 4.99. The van der Waals surface area contributed by atoms with Crippen molar-refractivity contribution >= 4 is 11.8 Å². The number of rotatable bonds is 2. The molecule has 78 valence electrons. The lowest BCUT2D eigenvalue weighted by molar-refractivity contribution is -0.157. The van der Waals surface area contributed by atoms with Crippen LogP contribution in [0.15, 0.2) is 0 Å². The van der Waals surface area contributed by atoms with Crippen LogP contribution in [0.2, 0.25) is 0 Å². The van der Waals surface area contributed by atoms with Crippen LogP contribution in [0.3, 0.4) is 0 Å². The van der Waals surface area contributed by atoms with Crippen molar-refractivity contribution in [3.63, 3.8) is 0 Å². The molecule has 2 aliphatic carbocycles. The number of hydrogen-bond acceptors (Lipinski definition) is 2. The van der Waals surface area contributed by atoms with E-state index in [0.29, 0.717) is 25.7 Å². The topological polar surface area (TPSA) is 54.4 Å². The molecule has 2 rings (SSSR count). The van der Waals surface area contributed by atoms with Crippen LogP contribution < -0.4 is 0 Å². The highest BCUT2D eigenvalue weighted by Gasteiger charge is 2.60. The molecule has 0 aromatic heterocycles. The number of Topliss-reactive ketones (excluding diaryl/α,β-unsaturated/α-hetero) is 1. The summed E-state index contributed by atoms with van der Waals surface area (Å²) in [7, 11) is 0. The van der Waals surface area contributed by atoms with Crippen molar-refractivity contribution < 1.29 is 14.7 Å². The van der Waals surface area contributed by atoms with Crippen molar-refractivity contribution in [3.05, 3.63) is 0 Å². The van der Waals surface area contributed by atoms with Crippen LogP contribution in [0.5, 0.6) is 0 Å². The fourth-order valence-corrected chi connectivity index (χ4v) is 2.70. The molecule has 2 aliphatic rings. The van der Waals surface area contributed by atoms with Crippen molar-refractivity contribution in [2.24, 2.45) is 10.8 Å². The second-order valence-electron chi connectivity index (χ2n) is 4.99. The zero-order valence-electron chi connectivity index (χ0n) is 8.51. The smallest absolute Gasteiger partial charge is 0.310 e. The van der Waals surface area contributed by atoms with Gasteiger partial charge in [0.2, 0.25) is 0 Å². The summed E-state index contributed by atoms with van der Waals surface area (Å²) >= 11 is 0. The van der Waals surface area contributed by atoms with Crippen LogP contribution in [-0.4, -0.2) is 16.9 Å². The zero-order valence-corrected chi connectivity index (χ0v) is 8.51.